The van der Waals surface area contributed by atoms with Gasteiger partial charge < -0.3 is 9.73 Å². The van der Waals surface area contributed by atoms with E-state index in [2.05, 4.69) is 15.8 Å². The fraction of sp³-hybridized carbons (Fsp3) is 0.0526. The van der Waals surface area contributed by atoms with Gasteiger partial charge in [-0.2, -0.15) is 5.10 Å². The van der Waals surface area contributed by atoms with Crippen molar-refractivity contribution in [2.24, 2.45) is 5.10 Å². The van der Waals surface area contributed by atoms with Crippen LogP contribution in [0.3, 0.4) is 0 Å². The van der Waals surface area contributed by atoms with Gasteiger partial charge in [0.1, 0.15) is 5.76 Å². The Morgan fingerprint density at radius 3 is 2.48 bits per heavy atom. The smallest absolute Gasteiger partial charge is 0.187 e. The van der Waals surface area contributed by atoms with E-state index in [0.29, 0.717) is 17.4 Å². The van der Waals surface area contributed by atoms with Gasteiger partial charge in [0.05, 0.1) is 6.21 Å². The lowest BCUT2D eigenvalue weighted by Gasteiger charge is -2.06. The van der Waals surface area contributed by atoms with E-state index in [4.69, 9.17) is 16.6 Å². The van der Waals surface area contributed by atoms with Crippen LogP contribution in [-0.2, 0) is 6.54 Å². The van der Waals surface area contributed by atoms with Crippen LogP contribution in [-0.4, -0.2) is 11.3 Å². The molecule has 3 rings (SSSR count). The van der Waals surface area contributed by atoms with E-state index in [-0.39, 0.29) is 0 Å². The Labute approximate surface area is 156 Å². The van der Waals surface area contributed by atoms with Gasteiger partial charge in [-0.05, 0) is 42.0 Å². The van der Waals surface area contributed by atoms with E-state index < -0.39 is 0 Å². The Morgan fingerprint density at radius 1 is 1.00 bits per heavy atom. The Bertz CT molecular complexity index is 832. The molecule has 2 aromatic carbocycles. The zero-order valence-corrected chi connectivity index (χ0v) is 15.0. The number of nitrogens with one attached hydrogen (secondary N) is 2. The molecule has 0 saturated carbocycles. The van der Waals surface area contributed by atoms with Gasteiger partial charge in [-0.3, -0.25) is 5.43 Å². The third-order valence-electron chi connectivity index (χ3n) is 3.22. The molecule has 3 aromatic rings. The minimum atomic E-state index is 0.463. The van der Waals surface area contributed by atoms with E-state index in [1.165, 1.54) is 0 Å². The van der Waals surface area contributed by atoms with Crippen LogP contribution >= 0.6 is 24.0 Å². The van der Waals surface area contributed by atoms with Crippen molar-refractivity contribution in [1.82, 2.24) is 10.7 Å². The molecule has 0 spiro atoms. The molecule has 0 unspecified atom stereocenters. The normalized spacial score (nSPS) is 10.7. The summed E-state index contributed by atoms with van der Waals surface area (Å²) in [5.74, 6) is 0.664. The van der Waals surface area contributed by atoms with Crippen LogP contribution in [0.1, 0.15) is 11.3 Å². The summed E-state index contributed by atoms with van der Waals surface area (Å²) in [6, 6.07) is 23.9. The molecule has 126 valence electrons. The van der Waals surface area contributed by atoms with E-state index in [1.807, 2.05) is 72.8 Å². The highest BCUT2D eigenvalue weighted by Gasteiger charge is 2.02. The summed E-state index contributed by atoms with van der Waals surface area (Å²) in [5, 5.41) is 8.47. The monoisotopic (exact) mass is 367 g/mol. The first-order valence-corrected chi connectivity index (χ1v) is 8.96. The quantitative estimate of drug-likeness (QED) is 0.383. The van der Waals surface area contributed by atoms with Crippen LogP contribution in [0, 0.1) is 0 Å². The average molecular weight is 367 g/mol. The summed E-state index contributed by atoms with van der Waals surface area (Å²) in [6.07, 6.45) is 1.60. The SMILES string of the molecule is S=C(NCc1ccccc1)N/N=C/c1ccc(Sc2ccccc2)o1. The van der Waals surface area contributed by atoms with Crippen molar-refractivity contribution in [2.75, 3.05) is 0 Å². The lowest BCUT2D eigenvalue weighted by atomic mass is 10.2. The van der Waals surface area contributed by atoms with Gasteiger partial charge in [-0.15, -0.1) is 0 Å². The molecule has 2 N–H and O–H groups in total. The molecule has 0 fully saturated rings. The Morgan fingerprint density at radius 2 is 1.72 bits per heavy atom. The molecule has 1 aromatic heterocycles. The van der Waals surface area contributed by atoms with E-state index >= 15 is 0 Å². The molecule has 0 radical (unpaired) electrons. The Balaban J connectivity index is 1.45. The van der Waals surface area contributed by atoms with Gasteiger partial charge in [0.15, 0.2) is 10.2 Å². The van der Waals surface area contributed by atoms with E-state index in [9.17, 15) is 0 Å². The molecule has 1 heterocycles. The predicted molar refractivity (Wildman–Crippen MR) is 106 cm³/mol. The maximum absolute atomic E-state index is 5.71. The summed E-state index contributed by atoms with van der Waals surface area (Å²) in [4.78, 5) is 1.13. The van der Waals surface area contributed by atoms with Gasteiger partial charge in [-0.1, -0.05) is 60.3 Å². The summed E-state index contributed by atoms with van der Waals surface area (Å²) in [6.45, 7) is 0.654. The predicted octanol–water partition coefficient (Wildman–Crippen LogP) is 4.43. The Hall–Kier alpha value is -2.57. The number of hydrogen-bond donors (Lipinski definition) is 2. The highest BCUT2D eigenvalue weighted by molar-refractivity contribution is 7.99. The number of thiocarbonyl (C=S) groups is 1. The number of hydrazone groups is 1. The lowest BCUT2D eigenvalue weighted by molar-refractivity contribution is 0.469. The highest BCUT2D eigenvalue weighted by Crippen LogP contribution is 2.28. The topological polar surface area (TPSA) is 49.6 Å². The zero-order chi connectivity index (χ0) is 17.3. The van der Waals surface area contributed by atoms with Gasteiger partial charge in [0.25, 0.3) is 0 Å². The molecule has 6 heteroatoms. The number of hydrogen-bond acceptors (Lipinski definition) is 4. The number of furan rings is 1. The van der Waals surface area contributed by atoms with Gasteiger partial charge in [0.2, 0.25) is 0 Å². The Kier molecular flexibility index (Phi) is 6.25. The third kappa shape index (κ3) is 5.77. The molecule has 25 heavy (non-hydrogen) atoms. The molecular formula is C19H17N3OS2. The largest absolute Gasteiger partial charge is 0.448 e. The summed E-state index contributed by atoms with van der Waals surface area (Å²) in [7, 11) is 0. The number of rotatable bonds is 6. The first-order valence-electron chi connectivity index (χ1n) is 7.73. The van der Waals surface area contributed by atoms with Crippen LogP contribution in [0.5, 0.6) is 0 Å². The molecule has 0 aliphatic rings. The second-order valence-electron chi connectivity index (χ2n) is 5.11. The van der Waals surface area contributed by atoms with Crippen molar-refractivity contribution in [1.29, 1.82) is 0 Å². The fourth-order valence-corrected chi connectivity index (χ4v) is 2.96. The zero-order valence-electron chi connectivity index (χ0n) is 13.4. The van der Waals surface area contributed by atoms with Gasteiger partial charge in [0, 0.05) is 11.4 Å². The van der Waals surface area contributed by atoms with E-state index in [1.54, 1.807) is 18.0 Å². The van der Waals surface area contributed by atoms with Crippen LogP contribution in [0.4, 0.5) is 0 Å². The fourth-order valence-electron chi connectivity index (χ4n) is 2.04. The van der Waals surface area contributed by atoms with Gasteiger partial charge >= 0.3 is 0 Å². The molecular weight excluding hydrogens is 350 g/mol. The third-order valence-corrected chi connectivity index (χ3v) is 4.38. The molecule has 0 atom stereocenters. The van der Waals surface area contributed by atoms with Crippen molar-refractivity contribution in [3.05, 3.63) is 84.1 Å². The van der Waals surface area contributed by atoms with E-state index in [0.717, 1.165) is 15.6 Å². The molecule has 0 amide bonds. The highest BCUT2D eigenvalue weighted by atomic mass is 32.2. The average Bonchev–Trinajstić information content (AvgIpc) is 3.09. The van der Waals surface area contributed by atoms with Crippen molar-refractivity contribution in [3.63, 3.8) is 0 Å². The second-order valence-corrected chi connectivity index (χ2v) is 6.60. The molecule has 0 bridgehead atoms. The summed E-state index contributed by atoms with van der Waals surface area (Å²) in [5.41, 5.74) is 3.94. The van der Waals surface area contributed by atoms with Crippen LogP contribution in [0.2, 0.25) is 0 Å². The second kappa shape index (κ2) is 9.05. The molecule has 0 aliphatic heterocycles. The lowest BCUT2D eigenvalue weighted by Crippen LogP contribution is -2.31. The molecule has 0 aliphatic carbocycles. The van der Waals surface area contributed by atoms with Gasteiger partial charge in [-0.25, -0.2) is 0 Å². The van der Waals surface area contributed by atoms with Crippen LogP contribution < -0.4 is 10.7 Å². The maximum Gasteiger partial charge on any atom is 0.187 e. The first kappa shape index (κ1) is 17.3. The molecule has 4 nitrogen and oxygen atoms in total. The summed E-state index contributed by atoms with van der Waals surface area (Å²) >= 11 is 6.76. The minimum absolute atomic E-state index is 0.463. The molecule has 0 saturated heterocycles. The standard InChI is InChI=1S/C19H17N3OS2/c24-19(20-13-15-7-3-1-4-8-15)22-21-14-16-11-12-18(23-16)25-17-9-5-2-6-10-17/h1-12,14H,13H2,(H2,20,22,24)/b21-14+. The maximum atomic E-state index is 5.71. The number of benzene rings is 2. The van der Waals surface area contributed by atoms with Crippen molar-refractivity contribution >= 4 is 35.3 Å². The van der Waals surface area contributed by atoms with Crippen LogP contribution in [0.15, 0.2) is 92.3 Å². The first-order chi connectivity index (χ1) is 12.3. The van der Waals surface area contributed by atoms with Crippen LogP contribution in [0.25, 0.3) is 0 Å². The summed E-state index contributed by atoms with van der Waals surface area (Å²) < 4.78 is 5.71. The van der Waals surface area contributed by atoms with Crippen molar-refractivity contribution in [3.8, 4) is 0 Å². The minimum Gasteiger partial charge on any atom is -0.448 e. The van der Waals surface area contributed by atoms with Crippen molar-refractivity contribution < 1.29 is 4.42 Å². The number of nitrogens with zero attached hydrogens (tertiary/aromatic N) is 1. The van der Waals surface area contributed by atoms with Crippen molar-refractivity contribution in [2.45, 2.75) is 16.5 Å².